The van der Waals surface area contributed by atoms with Crippen LogP contribution in [-0.4, -0.2) is 51.9 Å². The van der Waals surface area contributed by atoms with Crippen LogP contribution in [0.2, 0.25) is 0 Å². The predicted octanol–water partition coefficient (Wildman–Crippen LogP) is 4.00. The molecule has 8 rings (SSSR count). The summed E-state index contributed by atoms with van der Waals surface area (Å²) in [6.45, 7) is 28.7. The van der Waals surface area contributed by atoms with E-state index in [1.54, 1.807) is 0 Å². The first-order valence-electron chi connectivity index (χ1n) is 29.3. The molecule has 0 aliphatic carbocycles. The molecule has 0 aliphatic heterocycles. The number of hydrogen-bond donors (Lipinski definition) is 0. The summed E-state index contributed by atoms with van der Waals surface area (Å²) in [5.74, 6) is -16.4. The standard InChI is InChI=1S/4C11H16I.C7H7FO3S.C6H3BrF2O3S.C6HF5O3S.C6H5FO3S/c4*1-4-11(2,3)9-5-7-10(12)8-6-9;1-5-2-3-6(8)4-7(5)12(9,10)11;7-3-1-5(9)6(2-4(3)8)13(10,11)12;7-1-2(8)4(10)6(15(12,13)14)5(11)3(1)9;7-5-1-3-6(4-2-5)11(8,9)10/h4*5-8,12H,4H2,1-3H3;2-4H,1H3,(H,9,10,11);1-2H,(H,10,11,12);(H,12,13,14);1-4H,(H,8,9,10)/q4*+1;;;;/p-4. The Labute approximate surface area is 638 Å². The zero-order valence-corrected chi connectivity index (χ0v) is 69.9. The van der Waals surface area contributed by atoms with Gasteiger partial charge in [0.05, 0.1) is 19.2 Å². The lowest BCUT2D eigenvalue weighted by molar-refractivity contribution is -0.328. The van der Waals surface area contributed by atoms with Crippen LogP contribution in [0.25, 0.3) is 0 Å². The lowest BCUT2D eigenvalue weighted by Crippen LogP contribution is -3.34. The fourth-order valence-electron chi connectivity index (χ4n) is 7.39. The summed E-state index contributed by atoms with van der Waals surface area (Å²) in [6.07, 6.45) is 4.77. The Kier molecular flexibility index (Phi) is 38.1. The van der Waals surface area contributed by atoms with E-state index in [-0.39, 0.29) is 10.0 Å². The van der Waals surface area contributed by atoms with Gasteiger partial charge in [-0.1, -0.05) is 138 Å². The van der Waals surface area contributed by atoms with Gasteiger partial charge in [0, 0.05) is 0 Å². The average molecular weight is 1980 g/mol. The summed E-state index contributed by atoms with van der Waals surface area (Å²) >= 11 is 10.9. The van der Waals surface area contributed by atoms with Crippen LogP contribution in [-0.2, 0) is 62.1 Å². The Morgan fingerprint density at radius 3 is 0.859 bits per heavy atom. The predicted molar refractivity (Wildman–Crippen MR) is 349 cm³/mol. The lowest BCUT2D eigenvalue weighted by Gasteiger charge is -2.22. The quantitative estimate of drug-likeness (QED) is 0.0556. The van der Waals surface area contributed by atoms with Crippen molar-refractivity contribution < 1.29 is 182 Å². The molecule has 0 N–H and O–H groups in total. The molecule has 0 amide bonds. The smallest absolute Gasteiger partial charge is 0.296 e. The summed E-state index contributed by atoms with van der Waals surface area (Å²) < 4.78 is 241. The third-order valence-electron chi connectivity index (χ3n) is 15.3. The number of halogens is 14. The molecule has 99 heavy (non-hydrogen) atoms. The van der Waals surface area contributed by atoms with Crippen molar-refractivity contribution in [3.63, 3.8) is 0 Å². The summed E-state index contributed by atoms with van der Waals surface area (Å²) in [5, 5.41) is 0. The van der Waals surface area contributed by atoms with Gasteiger partial charge in [0.25, 0.3) is 90.4 Å². The molecule has 30 heteroatoms. The highest BCUT2D eigenvalue weighted by Crippen LogP contribution is 2.30. The molecule has 0 bridgehead atoms. The zero-order valence-electron chi connectivity index (χ0n) is 55.7. The highest BCUT2D eigenvalue weighted by molar-refractivity contribution is 9.10. The van der Waals surface area contributed by atoms with Crippen LogP contribution < -0.4 is 90.4 Å². The first-order chi connectivity index (χ1) is 45.1. The topological polar surface area (TPSA) is 229 Å². The van der Waals surface area contributed by atoms with Gasteiger partial charge in [0.1, 0.15) is 68.6 Å². The van der Waals surface area contributed by atoms with E-state index in [0.29, 0.717) is 33.8 Å². The molecule has 0 radical (unpaired) electrons. The van der Waals surface area contributed by atoms with Crippen LogP contribution in [0.4, 0.5) is 39.5 Å². The largest absolute Gasteiger partial charge is 0.744 e. The summed E-state index contributed by atoms with van der Waals surface area (Å²) in [7, 11) is -19.7. The van der Waals surface area contributed by atoms with Crippen molar-refractivity contribution >= 4 is 56.4 Å². The molecule has 0 aliphatic rings. The minimum Gasteiger partial charge on any atom is -0.744 e. The van der Waals surface area contributed by atoms with Gasteiger partial charge in [0.15, 0.2) is 37.5 Å². The third-order valence-corrected chi connectivity index (χ3v) is 22.5. The Balaban J connectivity index is 0.000000566. The Morgan fingerprint density at radius 1 is 0.343 bits per heavy atom. The first kappa shape index (κ1) is 93.2. The maximum Gasteiger partial charge on any atom is 0.296 e. The maximum absolute atomic E-state index is 12.8. The van der Waals surface area contributed by atoms with Gasteiger partial charge in [-0.25, -0.2) is 73.2 Å². The SMILES string of the molecule is CCC(C)(C)c1ccc([IH+])cc1.CCC(C)(C)c1ccc([IH+])cc1.CCC(C)(C)c1ccc([IH+])cc1.CCC(C)(C)c1ccc([IH+])cc1.Cc1ccc(F)cc1S(=O)(=O)[O-].O=S(=O)([O-])c1c(F)c(F)c(F)c(F)c1F.O=S(=O)([O-])c1cc(F)c(Br)cc1F.O=S(=O)([O-])c1ccc(F)cc1. The number of rotatable bonds is 12. The van der Waals surface area contributed by atoms with Crippen molar-refractivity contribution in [3.8, 4) is 0 Å². The van der Waals surface area contributed by atoms with E-state index < -0.39 is 112 Å². The molecule has 8 aromatic carbocycles. The molecule has 0 fully saturated rings. The van der Waals surface area contributed by atoms with Crippen LogP contribution in [0, 0.1) is 73.6 Å². The van der Waals surface area contributed by atoms with Crippen molar-refractivity contribution in [2.75, 3.05) is 0 Å². The second kappa shape index (κ2) is 40.4. The fraction of sp³-hybridized carbons (Fsp3) is 0.304. The molecule has 12 nitrogen and oxygen atoms in total. The normalized spacial score (nSPS) is 11.7. The van der Waals surface area contributed by atoms with Gasteiger partial charge in [-0.3, -0.25) is 0 Å². The van der Waals surface area contributed by atoms with Crippen molar-refractivity contribution in [1.82, 2.24) is 0 Å². The van der Waals surface area contributed by atoms with Crippen molar-refractivity contribution in [3.05, 3.63) is 251 Å². The van der Waals surface area contributed by atoms with Crippen LogP contribution in [0.15, 0.2) is 176 Å². The molecular weight excluding hydrogens is 1910 g/mol. The molecule has 0 saturated carbocycles. The van der Waals surface area contributed by atoms with Gasteiger partial charge in [-0.2, -0.15) is 0 Å². The zero-order chi connectivity index (χ0) is 76.8. The van der Waals surface area contributed by atoms with Crippen LogP contribution in [0.5, 0.6) is 0 Å². The Hall–Kier alpha value is -3.83. The second-order valence-electron chi connectivity index (χ2n) is 23.8. The van der Waals surface area contributed by atoms with E-state index in [9.17, 15) is 91.4 Å². The molecule has 8 aromatic rings. The Bertz CT molecular complexity index is 4150. The highest BCUT2D eigenvalue weighted by atomic mass is 127. The minimum atomic E-state index is -5.77. The molecule has 546 valence electrons. The summed E-state index contributed by atoms with van der Waals surface area (Å²) in [6, 6.07) is 43.1. The highest BCUT2D eigenvalue weighted by Gasteiger charge is 2.29. The van der Waals surface area contributed by atoms with E-state index in [4.69, 9.17) is 0 Å². The molecule has 0 atom stereocenters. The van der Waals surface area contributed by atoms with Crippen LogP contribution >= 0.6 is 15.9 Å². The number of hydrogen-bond acceptors (Lipinski definition) is 12. The molecule has 0 unspecified atom stereocenters. The van der Waals surface area contributed by atoms with Crippen molar-refractivity contribution in [2.24, 2.45) is 0 Å². The van der Waals surface area contributed by atoms with Gasteiger partial charge < -0.3 is 18.2 Å². The van der Waals surface area contributed by atoms with Crippen molar-refractivity contribution in [2.45, 2.75) is 157 Å². The van der Waals surface area contributed by atoms with Crippen molar-refractivity contribution in [1.29, 1.82) is 0 Å². The number of benzene rings is 8. The molecule has 0 spiro atoms. The summed E-state index contributed by atoms with van der Waals surface area (Å²) in [4.78, 5) is -4.48. The van der Waals surface area contributed by atoms with Gasteiger partial charge >= 0.3 is 0 Å². The maximum atomic E-state index is 12.8. The first-order valence-corrected chi connectivity index (χ1v) is 40.4. The molecule has 0 heterocycles. The lowest BCUT2D eigenvalue weighted by atomic mass is 9.82. The van der Waals surface area contributed by atoms with E-state index in [1.807, 2.05) is 0 Å². The average Bonchev–Trinajstić information content (AvgIpc) is 0.777. The monoisotopic (exact) mass is 1980 g/mol. The molecule has 0 aromatic heterocycles. The van der Waals surface area contributed by atoms with E-state index in [1.165, 1.54) is 75.2 Å². The number of aryl methyl sites for hydroxylation is 1. The molecular formula is C69H76BrF9I4O12S4. The third kappa shape index (κ3) is 31.6. The van der Waals surface area contributed by atoms with E-state index >= 15 is 0 Å². The minimum absolute atomic E-state index is 0.239. The molecule has 0 saturated heterocycles. The van der Waals surface area contributed by atoms with E-state index in [2.05, 4.69) is 286 Å². The van der Waals surface area contributed by atoms with Gasteiger partial charge in [-0.15, -0.1) is 0 Å². The fourth-order valence-corrected chi connectivity index (χ4v) is 11.6. The van der Waals surface area contributed by atoms with Crippen LogP contribution in [0.1, 0.15) is 137 Å². The summed E-state index contributed by atoms with van der Waals surface area (Å²) in [5.41, 5.74) is 7.34. The Morgan fingerprint density at radius 2 is 0.616 bits per heavy atom. The van der Waals surface area contributed by atoms with E-state index in [0.717, 1.165) is 36.4 Å². The van der Waals surface area contributed by atoms with Gasteiger partial charge in [0.2, 0.25) is 5.82 Å². The van der Waals surface area contributed by atoms with Gasteiger partial charge in [-0.05, 0) is 195 Å². The van der Waals surface area contributed by atoms with Crippen LogP contribution in [0.3, 0.4) is 0 Å². The second-order valence-corrected chi connectivity index (χ2v) is 35.5.